The Labute approximate surface area is 195 Å². The van der Waals surface area contributed by atoms with Gasteiger partial charge in [-0.1, -0.05) is 6.92 Å². The fourth-order valence-corrected chi connectivity index (χ4v) is 4.43. The van der Waals surface area contributed by atoms with Crippen molar-refractivity contribution < 1.29 is 4.39 Å². The van der Waals surface area contributed by atoms with Gasteiger partial charge in [0.05, 0.1) is 9.26 Å². The lowest BCUT2D eigenvalue weighted by atomic mass is 9.86. The summed E-state index contributed by atoms with van der Waals surface area (Å²) in [4.78, 5) is 11.3. The van der Waals surface area contributed by atoms with Crippen LogP contribution in [-0.4, -0.2) is 44.7 Å². The second-order valence-electron chi connectivity index (χ2n) is 7.97. The summed E-state index contributed by atoms with van der Waals surface area (Å²) >= 11 is 2.16. The summed E-state index contributed by atoms with van der Waals surface area (Å²) in [5, 5.41) is 13.3. The van der Waals surface area contributed by atoms with Crippen LogP contribution in [0.3, 0.4) is 0 Å². The lowest BCUT2D eigenvalue weighted by Gasteiger charge is -2.32. The number of hydrogen-bond acceptors (Lipinski definition) is 6. The standard InChI is InChI=1S/C22H27FIN7/c1-4-31-7-5-15(6-8-31)16-11-17(23)19(9-13(16)2)26-22-25-12-18(24)21(28-22)27-20-10-14(3)29-30-20/h9-12,15H,4-8H2,1-3H3,(H3,25,26,27,28,29,30). The number of hydrogen-bond donors (Lipinski definition) is 3. The second kappa shape index (κ2) is 9.47. The van der Waals surface area contributed by atoms with Crippen LogP contribution in [0, 0.1) is 23.2 Å². The number of anilines is 4. The Kier molecular flexibility index (Phi) is 6.71. The van der Waals surface area contributed by atoms with Crippen LogP contribution in [0.5, 0.6) is 0 Å². The van der Waals surface area contributed by atoms with E-state index in [1.54, 1.807) is 12.3 Å². The number of H-pyrrole nitrogens is 1. The van der Waals surface area contributed by atoms with Gasteiger partial charge in [0.25, 0.3) is 0 Å². The van der Waals surface area contributed by atoms with Crippen LogP contribution >= 0.6 is 22.6 Å². The highest BCUT2D eigenvalue weighted by Gasteiger charge is 2.22. The summed E-state index contributed by atoms with van der Waals surface area (Å²) < 4.78 is 15.8. The number of aromatic amines is 1. The molecule has 0 spiro atoms. The third-order valence-corrected chi connectivity index (χ3v) is 6.56. The van der Waals surface area contributed by atoms with E-state index in [1.807, 2.05) is 26.0 Å². The Morgan fingerprint density at radius 2 is 1.97 bits per heavy atom. The number of nitrogens with one attached hydrogen (secondary N) is 3. The predicted molar refractivity (Wildman–Crippen MR) is 130 cm³/mol. The van der Waals surface area contributed by atoms with Gasteiger partial charge in [-0.15, -0.1) is 0 Å². The quantitative estimate of drug-likeness (QED) is 0.375. The molecule has 1 saturated heterocycles. The van der Waals surface area contributed by atoms with E-state index in [1.165, 1.54) is 0 Å². The molecule has 9 heteroatoms. The summed E-state index contributed by atoms with van der Waals surface area (Å²) in [6, 6.07) is 5.43. The molecule has 3 heterocycles. The summed E-state index contributed by atoms with van der Waals surface area (Å²) in [6.07, 6.45) is 3.84. The van der Waals surface area contributed by atoms with Crippen molar-refractivity contribution in [1.29, 1.82) is 0 Å². The molecule has 0 unspecified atom stereocenters. The molecule has 7 nitrogen and oxygen atoms in total. The molecule has 0 aliphatic carbocycles. The maximum Gasteiger partial charge on any atom is 0.229 e. The average molecular weight is 535 g/mol. The molecule has 0 amide bonds. The van der Waals surface area contributed by atoms with Crippen molar-refractivity contribution in [1.82, 2.24) is 25.1 Å². The third-order valence-electron chi connectivity index (χ3n) is 5.77. The van der Waals surface area contributed by atoms with Crippen LogP contribution in [0.25, 0.3) is 0 Å². The number of aryl methyl sites for hydroxylation is 2. The molecule has 0 radical (unpaired) electrons. The monoisotopic (exact) mass is 535 g/mol. The Morgan fingerprint density at radius 1 is 1.19 bits per heavy atom. The van der Waals surface area contributed by atoms with Crippen LogP contribution in [0.4, 0.5) is 27.7 Å². The molecule has 1 aliphatic rings. The maximum atomic E-state index is 15.0. The number of nitrogens with zero attached hydrogens (tertiary/aromatic N) is 4. The van der Waals surface area contributed by atoms with Gasteiger partial charge in [-0.25, -0.2) is 9.37 Å². The van der Waals surface area contributed by atoms with Crippen molar-refractivity contribution in [3.05, 3.63) is 50.6 Å². The Bertz CT molecular complexity index is 1060. The molecule has 1 aliphatic heterocycles. The van der Waals surface area contributed by atoms with E-state index in [-0.39, 0.29) is 5.82 Å². The van der Waals surface area contributed by atoms with E-state index in [9.17, 15) is 4.39 Å². The molecule has 3 N–H and O–H groups in total. The third kappa shape index (κ3) is 5.15. The van der Waals surface area contributed by atoms with Gasteiger partial charge < -0.3 is 15.5 Å². The lowest BCUT2D eigenvalue weighted by molar-refractivity contribution is 0.222. The molecule has 31 heavy (non-hydrogen) atoms. The van der Waals surface area contributed by atoms with Crippen molar-refractivity contribution in [3.8, 4) is 0 Å². The van der Waals surface area contributed by atoms with Gasteiger partial charge in [-0.2, -0.15) is 10.1 Å². The van der Waals surface area contributed by atoms with Crippen molar-refractivity contribution in [2.24, 2.45) is 0 Å². The zero-order valence-corrected chi connectivity index (χ0v) is 20.1. The number of rotatable bonds is 6. The van der Waals surface area contributed by atoms with Gasteiger partial charge in [0, 0.05) is 18.0 Å². The molecule has 2 aromatic heterocycles. The molecular weight excluding hydrogens is 508 g/mol. The van der Waals surface area contributed by atoms with Crippen molar-refractivity contribution in [3.63, 3.8) is 0 Å². The molecule has 0 saturated carbocycles. The van der Waals surface area contributed by atoms with E-state index >= 15 is 0 Å². The van der Waals surface area contributed by atoms with Crippen LogP contribution in [0.15, 0.2) is 24.4 Å². The van der Waals surface area contributed by atoms with E-state index in [0.717, 1.165) is 52.9 Å². The second-order valence-corrected chi connectivity index (χ2v) is 9.14. The first-order valence-electron chi connectivity index (χ1n) is 10.5. The zero-order chi connectivity index (χ0) is 22.0. The van der Waals surface area contributed by atoms with Crippen LogP contribution in [0.1, 0.15) is 42.5 Å². The number of halogens is 2. The minimum atomic E-state index is -0.280. The zero-order valence-electron chi connectivity index (χ0n) is 18.0. The molecule has 0 atom stereocenters. The number of piperidine rings is 1. The molecule has 1 fully saturated rings. The van der Waals surface area contributed by atoms with Crippen LogP contribution in [-0.2, 0) is 0 Å². The number of likely N-dealkylation sites (tertiary alicyclic amines) is 1. The van der Waals surface area contributed by atoms with Crippen molar-refractivity contribution >= 4 is 45.9 Å². The first kappa shape index (κ1) is 21.9. The summed E-state index contributed by atoms with van der Waals surface area (Å²) in [7, 11) is 0. The van der Waals surface area contributed by atoms with E-state index in [4.69, 9.17) is 0 Å². The minimum Gasteiger partial charge on any atom is -0.322 e. The fraction of sp³-hybridized carbons (Fsp3) is 0.409. The molecule has 164 valence electrons. The molecule has 4 rings (SSSR count). The van der Waals surface area contributed by atoms with Gasteiger partial charge in [0.1, 0.15) is 5.82 Å². The Balaban J connectivity index is 1.51. The van der Waals surface area contributed by atoms with Crippen molar-refractivity contribution in [2.75, 3.05) is 30.3 Å². The minimum absolute atomic E-state index is 0.280. The number of aromatic nitrogens is 4. The van der Waals surface area contributed by atoms with Gasteiger partial charge in [-0.05, 0) is 98.1 Å². The highest BCUT2D eigenvalue weighted by molar-refractivity contribution is 14.1. The Morgan fingerprint density at radius 3 is 2.65 bits per heavy atom. The summed E-state index contributed by atoms with van der Waals surface area (Å²) in [5.41, 5.74) is 3.53. The first-order valence-corrected chi connectivity index (χ1v) is 11.6. The molecular formula is C22H27FIN7. The Hall–Kier alpha value is -2.27. The van der Waals surface area contributed by atoms with Crippen molar-refractivity contribution in [2.45, 2.75) is 39.5 Å². The van der Waals surface area contributed by atoms with Gasteiger partial charge >= 0.3 is 0 Å². The molecule has 1 aromatic carbocycles. The smallest absolute Gasteiger partial charge is 0.229 e. The SMILES string of the molecule is CCN1CCC(c2cc(F)c(Nc3ncc(I)c(Nc4cc(C)[nH]n4)n3)cc2C)CC1. The lowest BCUT2D eigenvalue weighted by Crippen LogP contribution is -2.32. The fourth-order valence-electron chi connectivity index (χ4n) is 4.03. The topological polar surface area (TPSA) is 81.8 Å². The summed E-state index contributed by atoms with van der Waals surface area (Å²) in [6.45, 7) is 9.39. The first-order chi connectivity index (χ1) is 14.9. The largest absolute Gasteiger partial charge is 0.322 e. The molecule has 3 aromatic rings. The molecule has 0 bridgehead atoms. The van der Waals surface area contributed by atoms with Crippen LogP contribution < -0.4 is 10.6 Å². The normalized spacial score (nSPS) is 15.3. The highest BCUT2D eigenvalue weighted by atomic mass is 127. The maximum absolute atomic E-state index is 15.0. The number of benzene rings is 1. The van der Waals surface area contributed by atoms with E-state index in [0.29, 0.717) is 29.2 Å². The van der Waals surface area contributed by atoms with Gasteiger partial charge in [0.2, 0.25) is 5.95 Å². The van der Waals surface area contributed by atoms with Crippen LogP contribution in [0.2, 0.25) is 0 Å². The summed E-state index contributed by atoms with van der Waals surface area (Å²) in [5.74, 6) is 1.74. The van der Waals surface area contributed by atoms with Gasteiger partial charge in [0.15, 0.2) is 11.6 Å². The average Bonchev–Trinajstić information content (AvgIpc) is 3.17. The van der Waals surface area contributed by atoms with Gasteiger partial charge in [-0.3, -0.25) is 5.10 Å². The van der Waals surface area contributed by atoms with E-state index < -0.39 is 0 Å². The highest BCUT2D eigenvalue weighted by Crippen LogP contribution is 2.33. The van der Waals surface area contributed by atoms with E-state index in [2.05, 4.69) is 65.2 Å². The predicted octanol–water partition coefficient (Wildman–Crippen LogP) is 5.25.